The second-order valence-corrected chi connectivity index (χ2v) is 6.03. The van der Waals surface area contributed by atoms with E-state index in [4.69, 9.17) is 5.73 Å². The Balaban J connectivity index is 1.74. The molecule has 96 valence electrons. The van der Waals surface area contributed by atoms with Gasteiger partial charge in [0.1, 0.15) is 5.78 Å². The van der Waals surface area contributed by atoms with Crippen LogP contribution in [-0.2, 0) is 4.79 Å². The Bertz CT molecular complexity index is 313. The number of carbonyl (C=O) groups excluding carboxylic acids is 1. The van der Waals surface area contributed by atoms with Crippen molar-refractivity contribution >= 4 is 22.7 Å². The topological polar surface area (TPSA) is 58.7 Å². The zero-order valence-corrected chi connectivity index (χ0v) is 11.2. The van der Waals surface area contributed by atoms with Gasteiger partial charge in [-0.05, 0) is 32.9 Å². The summed E-state index contributed by atoms with van der Waals surface area (Å²) in [7, 11) is 0. The number of hydrogen-bond acceptors (Lipinski definition) is 5. The van der Waals surface area contributed by atoms with Crippen molar-refractivity contribution in [2.24, 2.45) is 10.7 Å². The highest BCUT2D eigenvalue weighted by molar-refractivity contribution is 8.15. The van der Waals surface area contributed by atoms with Crippen molar-refractivity contribution in [3.63, 3.8) is 0 Å². The van der Waals surface area contributed by atoms with Crippen molar-refractivity contribution in [3.8, 4) is 0 Å². The molecule has 2 atom stereocenters. The number of Topliss-reactive ketones (excluding diaryl/α,β-unsaturated/α-hetero) is 1. The second-order valence-electron chi connectivity index (χ2n) is 4.87. The molecule has 17 heavy (non-hydrogen) atoms. The third-order valence-electron chi connectivity index (χ3n) is 3.46. The standard InChI is InChI=1S/C12H21N3OS/c1-9-11(17-12(13)14-9)10(16)5-8-15-6-3-2-4-7-15/h9,11H,2-8H2,1H3,(H2,13,14). The normalized spacial score (nSPS) is 30.3. The largest absolute Gasteiger partial charge is 0.379 e. The third-order valence-corrected chi connectivity index (χ3v) is 4.71. The maximum Gasteiger partial charge on any atom is 0.155 e. The van der Waals surface area contributed by atoms with Gasteiger partial charge >= 0.3 is 0 Å². The lowest BCUT2D eigenvalue weighted by Crippen LogP contribution is -2.34. The summed E-state index contributed by atoms with van der Waals surface area (Å²) < 4.78 is 0. The molecule has 2 heterocycles. The van der Waals surface area contributed by atoms with Crippen LogP contribution >= 0.6 is 11.8 Å². The molecular formula is C12H21N3OS. The van der Waals surface area contributed by atoms with Crippen LogP contribution in [0, 0.1) is 0 Å². The number of nitrogens with two attached hydrogens (primary N) is 1. The number of ketones is 1. The highest BCUT2D eigenvalue weighted by atomic mass is 32.2. The van der Waals surface area contributed by atoms with Gasteiger partial charge in [-0.1, -0.05) is 18.2 Å². The van der Waals surface area contributed by atoms with E-state index in [1.54, 1.807) is 0 Å². The fourth-order valence-corrected chi connectivity index (χ4v) is 3.45. The zero-order valence-electron chi connectivity index (χ0n) is 10.4. The minimum absolute atomic E-state index is 0.0419. The molecule has 2 N–H and O–H groups in total. The van der Waals surface area contributed by atoms with Gasteiger partial charge in [0.15, 0.2) is 5.17 Å². The van der Waals surface area contributed by atoms with Crippen LogP contribution in [0.2, 0.25) is 0 Å². The first-order valence-corrected chi connectivity index (χ1v) is 7.30. The van der Waals surface area contributed by atoms with E-state index >= 15 is 0 Å². The second kappa shape index (κ2) is 5.87. The monoisotopic (exact) mass is 255 g/mol. The Hall–Kier alpha value is -0.550. The molecule has 0 radical (unpaired) electrons. The zero-order chi connectivity index (χ0) is 12.3. The van der Waals surface area contributed by atoms with E-state index in [1.165, 1.54) is 31.0 Å². The fourth-order valence-electron chi connectivity index (χ4n) is 2.46. The molecule has 2 unspecified atom stereocenters. The number of hydrogen-bond donors (Lipinski definition) is 1. The minimum Gasteiger partial charge on any atom is -0.379 e. The summed E-state index contributed by atoms with van der Waals surface area (Å²) in [6, 6.07) is 0.0499. The molecule has 4 nitrogen and oxygen atoms in total. The Labute approximate surface area is 107 Å². The van der Waals surface area contributed by atoms with E-state index in [1.807, 2.05) is 6.92 Å². The van der Waals surface area contributed by atoms with Crippen molar-refractivity contribution in [3.05, 3.63) is 0 Å². The summed E-state index contributed by atoms with van der Waals surface area (Å²) in [6.07, 6.45) is 4.53. The SMILES string of the molecule is CC1N=C(N)SC1C(=O)CCN1CCCCC1. The van der Waals surface area contributed by atoms with Gasteiger partial charge in [0, 0.05) is 13.0 Å². The van der Waals surface area contributed by atoms with Crippen LogP contribution in [0.4, 0.5) is 0 Å². The quantitative estimate of drug-likeness (QED) is 0.821. The lowest BCUT2D eigenvalue weighted by molar-refractivity contribution is -0.119. The molecule has 0 aromatic rings. The summed E-state index contributed by atoms with van der Waals surface area (Å²) >= 11 is 1.43. The van der Waals surface area contributed by atoms with Gasteiger partial charge in [-0.2, -0.15) is 0 Å². The lowest BCUT2D eigenvalue weighted by atomic mass is 10.1. The number of rotatable bonds is 4. The van der Waals surface area contributed by atoms with Crippen molar-refractivity contribution in [1.82, 2.24) is 4.90 Å². The highest BCUT2D eigenvalue weighted by Gasteiger charge is 2.31. The number of amidine groups is 1. The highest BCUT2D eigenvalue weighted by Crippen LogP contribution is 2.26. The number of carbonyl (C=O) groups is 1. The van der Waals surface area contributed by atoms with Crippen molar-refractivity contribution in [2.45, 2.75) is 43.9 Å². The summed E-state index contributed by atoms with van der Waals surface area (Å²) in [5, 5.41) is 0.522. The molecule has 0 aromatic carbocycles. The Kier molecular flexibility index (Phi) is 4.45. The van der Waals surface area contributed by atoms with E-state index < -0.39 is 0 Å². The van der Waals surface area contributed by atoms with Crippen LogP contribution in [0.15, 0.2) is 4.99 Å². The Morgan fingerprint density at radius 3 is 2.76 bits per heavy atom. The predicted molar refractivity (Wildman–Crippen MR) is 72.4 cm³/mol. The smallest absolute Gasteiger partial charge is 0.155 e. The maximum atomic E-state index is 12.1. The van der Waals surface area contributed by atoms with Crippen molar-refractivity contribution in [1.29, 1.82) is 0 Å². The fraction of sp³-hybridized carbons (Fsp3) is 0.833. The molecule has 0 aromatic heterocycles. The van der Waals surface area contributed by atoms with Crippen LogP contribution in [0.3, 0.4) is 0 Å². The van der Waals surface area contributed by atoms with E-state index in [2.05, 4.69) is 9.89 Å². The third kappa shape index (κ3) is 3.45. The molecule has 2 aliphatic heterocycles. The molecule has 1 saturated heterocycles. The van der Waals surface area contributed by atoms with Crippen molar-refractivity contribution < 1.29 is 4.79 Å². The summed E-state index contributed by atoms with van der Waals surface area (Å²) in [6.45, 7) is 5.18. The molecule has 0 saturated carbocycles. The molecule has 2 aliphatic rings. The molecule has 2 rings (SSSR count). The summed E-state index contributed by atoms with van der Waals surface area (Å²) in [5.74, 6) is 0.303. The van der Waals surface area contributed by atoms with Gasteiger partial charge in [-0.25, -0.2) is 0 Å². The number of piperidine rings is 1. The Morgan fingerprint density at radius 2 is 2.18 bits per heavy atom. The first-order valence-electron chi connectivity index (χ1n) is 6.42. The van der Waals surface area contributed by atoms with E-state index in [9.17, 15) is 4.79 Å². The number of nitrogens with zero attached hydrogens (tertiary/aromatic N) is 2. The minimum atomic E-state index is -0.0419. The van der Waals surface area contributed by atoms with E-state index in [-0.39, 0.29) is 11.3 Å². The lowest BCUT2D eigenvalue weighted by Gasteiger charge is -2.26. The maximum absolute atomic E-state index is 12.1. The van der Waals surface area contributed by atoms with Gasteiger partial charge in [-0.15, -0.1) is 0 Å². The molecule has 0 bridgehead atoms. The van der Waals surface area contributed by atoms with Gasteiger partial charge in [0.25, 0.3) is 0 Å². The van der Waals surface area contributed by atoms with E-state index in [0.29, 0.717) is 17.4 Å². The molecular weight excluding hydrogens is 234 g/mol. The van der Waals surface area contributed by atoms with Gasteiger partial charge in [0.05, 0.1) is 11.3 Å². The molecule has 1 fully saturated rings. The first-order chi connectivity index (χ1) is 8.16. The Morgan fingerprint density at radius 1 is 1.47 bits per heavy atom. The van der Waals surface area contributed by atoms with Crippen molar-refractivity contribution in [2.75, 3.05) is 19.6 Å². The van der Waals surface area contributed by atoms with Gasteiger partial charge in [-0.3, -0.25) is 9.79 Å². The van der Waals surface area contributed by atoms with Crippen LogP contribution in [0.1, 0.15) is 32.6 Å². The molecule has 0 amide bonds. The summed E-state index contributed by atoms with van der Waals surface area (Å²) in [5.41, 5.74) is 5.64. The van der Waals surface area contributed by atoms with Gasteiger partial charge < -0.3 is 10.6 Å². The van der Waals surface area contributed by atoms with Crippen LogP contribution < -0.4 is 5.73 Å². The predicted octanol–water partition coefficient (Wildman–Crippen LogP) is 1.25. The average Bonchev–Trinajstić information content (AvgIpc) is 2.67. The van der Waals surface area contributed by atoms with Crippen LogP contribution in [-0.4, -0.2) is 46.8 Å². The number of likely N-dealkylation sites (tertiary alicyclic amines) is 1. The van der Waals surface area contributed by atoms with Crippen LogP contribution in [0.5, 0.6) is 0 Å². The molecule has 0 spiro atoms. The average molecular weight is 255 g/mol. The van der Waals surface area contributed by atoms with Crippen LogP contribution in [0.25, 0.3) is 0 Å². The summed E-state index contributed by atoms with van der Waals surface area (Å²) in [4.78, 5) is 18.7. The molecule has 5 heteroatoms. The molecule has 0 aliphatic carbocycles. The van der Waals surface area contributed by atoms with E-state index in [0.717, 1.165) is 19.6 Å². The number of aliphatic imine (C=N–C) groups is 1. The van der Waals surface area contributed by atoms with Gasteiger partial charge in [0.2, 0.25) is 0 Å². The number of thioether (sulfide) groups is 1. The first kappa shape index (κ1) is 12.9.